The number of fused-ring (bicyclic) bond motifs is 3. The van der Waals surface area contributed by atoms with Crippen molar-refractivity contribution in [2.24, 2.45) is 5.92 Å². The molecule has 4 nitrogen and oxygen atoms in total. The van der Waals surface area contributed by atoms with Gasteiger partial charge in [-0.2, -0.15) is 0 Å². The summed E-state index contributed by atoms with van der Waals surface area (Å²) in [7, 11) is 0. The fraction of sp³-hybridized carbons (Fsp3) is 0.370. The van der Waals surface area contributed by atoms with Crippen LogP contribution in [0.15, 0.2) is 35.6 Å². The molecule has 0 spiro atoms. The van der Waals surface area contributed by atoms with Crippen LogP contribution in [0.5, 0.6) is 0 Å². The van der Waals surface area contributed by atoms with Crippen LogP contribution in [-0.2, 0) is 12.8 Å². The normalized spacial score (nSPS) is 15.7. The molecule has 1 aromatic carbocycles. The van der Waals surface area contributed by atoms with Crippen molar-refractivity contribution in [1.29, 1.82) is 0 Å². The maximum Gasteiger partial charge on any atom is 0.174 e. The number of hydrogen-bond acceptors (Lipinski definition) is 5. The summed E-state index contributed by atoms with van der Waals surface area (Å²) in [6, 6.07) is 8.49. The van der Waals surface area contributed by atoms with Crippen molar-refractivity contribution < 1.29 is 4.79 Å². The molecule has 3 heterocycles. The molecule has 6 heteroatoms. The van der Waals surface area contributed by atoms with Crippen molar-refractivity contribution in [3.63, 3.8) is 0 Å². The standard InChI is InChI=1S/C27H29N3OS2/c1-15-6-9-21-24(10-15)33-27-25(21)26(28-14-29-27)32-13-23(31)22-12-18(4)30(19(22)5)20-8-7-16(2)17(3)11-20/h7-8,11-12,14-15H,6,9-10,13H2,1-5H3/t15-/m1/s1. The third-order valence-corrected chi connectivity index (χ3v) is 9.03. The van der Waals surface area contributed by atoms with Crippen LogP contribution in [0, 0.1) is 33.6 Å². The Kier molecular flexibility index (Phi) is 5.91. The Morgan fingerprint density at radius 2 is 1.97 bits per heavy atom. The lowest BCUT2D eigenvalue weighted by Crippen LogP contribution is -2.09. The number of aromatic nitrogens is 3. The Morgan fingerprint density at radius 3 is 2.76 bits per heavy atom. The Bertz CT molecular complexity index is 1380. The Hall–Kier alpha value is -2.44. The number of Topliss-reactive ketones (excluding diaryl/α,β-unsaturated/α-hetero) is 1. The van der Waals surface area contributed by atoms with Crippen LogP contribution in [0.4, 0.5) is 0 Å². The number of rotatable bonds is 5. The molecule has 0 fully saturated rings. The molecule has 1 aliphatic rings. The summed E-state index contributed by atoms with van der Waals surface area (Å²) in [5.41, 5.74) is 7.92. The number of ketones is 1. The van der Waals surface area contributed by atoms with Crippen LogP contribution in [-0.4, -0.2) is 26.1 Å². The predicted molar refractivity (Wildman–Crippen MR) is 138 cm³/mol. The molecular weight excluding hydrogens is 446 g/mol. The minimum atomic E-state index is 0.146. The highest BCUT2D eigenvalue weighted by molar-refractivity contribution is 8.00. The quantitative estimate of drug-likeness (QED) is 0.181. The van der Waals surface area contributed by atoms with Crippen LogP contribution >= 0.6 is 23.1 Å². The van der Waals surface area contributed by atoms with Gasteiger partial charge < -0.3 is 4.57 Å². The first-order valence-corrected chi connectivity index (χ1v) is 13.3. The summed E-state index contributed by atoms with van der Waals surface area (Å²) in [5.74, 6) is 1.25. The van der Waals surface area contributed by atoms with E-state index in [9.17, 15) is 4.79 Å². The van der Waals surface area contributed by atoms with Crippen molar-refractivity contribution in [3.8, 4) is 5.69 Å². The summed E-state index contributed by atoms with van der Waals surface area (Å²) in [6.07, 6.45) is 5.07. The van der Waals surface area contributed by atoms with Gasteiger partial charge in [0.1, 0.15) is 16.2 Å². The fourth-order valence-corrected chi connectivity index (χ4v) is 7.20. The molecule has 33 heavy (non-hydrogen) atoms. The zero-order chi connectivity index (χ0) is 23.3. The lowest BCUT2D eigenvalue weighted by molar-refractivity contribution is 0.102. The van der Waals surface area contributed by atoms with Gasteiger partial charge in [0.25, 0.3) is 0 Å². The molecule has 0 saturated heterocycles. The van der Waals surface area contributed by atoms with E-state index >= 15 is 0 Å². The summed E-state index contributed by atoms with van der Waals surface area (Å²) < 4.78 is 2.18. The molecule has 3 aromatic heterocycles. The van der Waals surface area contributed by atoms with E-state index in [0.29, 0.717) is 5.75 Å². The molecule has 170 valence electrons. The second-order valence-corrected chi connectivity index (χ2v) is 11.4. The van der Waals surface area contributed by atoms with Gasteiger partial charge in [0.15, 0.2) is 5.78 Å². The lowest BCUT2D eigenvalue weighted by atomic mass is 9.89. The first kappa shape index (κ1) is 22.4. The first-order valence-electron chi connectivity index (χ1n) is 11.5. The van der Waals surface area contributed by atoms with E-state index < -0.39 is 0 Å². The number of thioether (sulfide) groups is 1. The van der Waals surface area contributed by atoms with E-state index in [1.165, 1.54) is 33.4 Å². The Labute approximate surface area is 203 Å². The summed E-state index contributed by atoms with van der Waals surface area (Å²) >= 11 is 3.35. The highest BCUT2D eigenvalue weighted by atomic mass is 32.2. The molecule has 0 unspecified atom stereocenters. The van der Waals surface area contributed by atoms with Gasteiger partial charge in [-0.05, 0) is 87.8 Å². The first-order chi connectivity index (χ1) is 15.8. The Morgan fingerprint density at radius 1 is 1.15 bits per heavy atom. The minimum absolute atomic E-state index is 0.146. The lowest BCUT2D eigenvalue weighted by Gasteiger charge is -2.18. The SMILES string of the molecule is Cc1ccc(-n2c(C)cc(C(=O)CSc3ncnc4sc5c(c34)CC[C@@H](C)C5)c2C)cc1C. The van der Waals surface area contributed by atoms with E-state index in [4.69, 9.17) is 0 Å². The Balaban J connectivity index is 1.41. The van der Waals surface area contributed by atoms with Gasteiger partial charge in [-0.15, -0.1) is 11.3 Å². The molecule has 0 saturated carbocycles. The number of benzene rings is 1. The molecular formula is C27H29N3OS2. The van der Waals surface area contributed by atoms with E-state index in [-0.39, 0.29) is 5.78 Å². The average Bonchev–Trinajstić information content (AvgIpc) is 3.30. The molecule has 0 aliphatic heterocycles. The van der Waals surface area contributed by atoms with Crippen LogP contribution in [0.1, 0.15) is 56.7 Å². The van der Waals surface area contributed by atoms with Gasteiger partial charge in [-0.25, -0.2) is 9.97 Å². The third-order valence-electron chi connectivity index (χ3n) is 6.88. The maximum atomic E-state index is 13.3. The molecule has 0 radical (unpaired) electrons. The average molecular weight is 476 g/mol. The van der Waals surface area contributed by atoms with Crippen LogP contribution < -0.4 is 0 Å². The summed E-state index contributed by atoms with van der Waals surface area (Å²) in [4.78, 5) is 24.9. The van der Waals surface area contributed by atoms with E-state index in [1.54, 1.807) is 29.4 Å². The highest BCUT2D eigenvalue weighted by Crippen LogP contribution is 2.40. The monoisotopic (exact) mass is 475 g/mol. The topological polar surface area (TPSA) is 47.8 Å². The van der Waals surface area contributed by atoms with Gasteiger partial charge in [0.05, 0.1) is 5.75 Å². The van der Waals surface area contributed by atoms with E-state index in [0.717, 1.165) is 51.3 Å². The number of nitrogens with zero attached hydrogens (tertiary/aromatic N) is 3. The molecule has 5 rings (SSSR count). The summed E-state index contributed by atoms with van der Waals surface area (Å²) in [5, 5.41) is 2.13. The van der Waals surface area contributed by atoms with Crippen LogP contribution in [0.2, 0.25) is 0 Å². The molecule has 1 aliphatic carbocycles. The van der Waals surface area contributed by atoms with Gasteiger partial charge in [0.2, 0.25) is 0 Å². The second kappa shape index (κ2) is 8.73. The largest absolute Gasteiger partial charge is 0.318 e. The van der Waals surface area contributed by atoms with Gasteiger partial charge >= 0.3 is 0 Å². The van der Waals surface area contributed by atoms with E-state index in [2.05, 4.69) is 60.4 Å². The van der Waals surface area contributed by atoms with Gasteiger partial charge in [-0.1, -0.05) is 24.8 Å². The van der Waals surface area contributed by atoms with Crippen molar-refractivity contribution in [2.45, 2.75) is 58.9 Å². The zero-order valence-electron chi connectivity index (χ0n) is 19.9. The number of carbonyl (C=O) groups excluding carboxylic acids is 1. The zero-order valence-corrected chi connectivity index (χ0v) is 21.5. The predicted octanol–water partition coefficient (Wildman–Crippen LogP) is 6.82. The van der Waals surface area contributed by atoms with Crippen molar-refractivity contribution in [1.82, 2.24) is 14.5 Å². The molecule has 0 N–H and O–H groups in total. The fourth-order valence-electron chi connectivity index (χ4n) is 4.87. The van der Waals surface area contributed by atoms with Crippen molar-refractivity contribution in [2.75, 3.05) is 5.75 Å². The number of carbonyl (C=O) groups is 1. The maximum absolute atomic E-state index is 13.3. The highest BCUT2D eigenvalue weighted by Gasteiger charge is 2.24. The molecule has 4 aromatic rings. The third kappa shape index (κ3) is 4.04. The number of hydrogen-bond donors (Lipinski definition) is 0. The minimum Gasteiger partial charge on any atom is -0.318 e. The van der Waals surface area contributed by atoms with Gasteiger partial charge in [0, 0.05) is 32.9 Å². The molecule has 0 bridgehead atoms. The van der Waals surface area contributed by atoms with Crippen LogP contribution in [0.3, 0.4) is 0 Å². The van der Waals surface area contributed by atoms with Gasteiger partial charge in [-0.3, -0.25) is 4.79 Å². The van der Waals surface area contributed by atoms with Crippen molar-refractivity contribution in [3.05, 3.63) is 69.1 Å². The van der Waals surface area contributed by atoms with Crippen molar-refractivity contribution >= 4 is 39.1 Å². The number of aryl methyl sites for hydroxylation is 4. The van der Waals surface area contributed by atoms with Crippen LogP contribution in [0.25, 0.3) is 15.9 Å². The van der Waals surface area contributed by atoms with E-state index in [1.807, 2.05) is 13.0 Å². The number of thiophene rings is 1. The smallest absolute Gasteiger partial charge is 0.174 e. The molecule has 1 atom stereocenters. The second-order valence-electron chi connectivity index (χ2n) is 9.31. The summed E-state index contributed by atoms with van der Waals surface area (Å²) in [6.45, 7) is 10.7. The molecule has 0 amide bonds.